The van der Waals surface area contributed by atoms with Crippen LogP contribution in [-0.2, 0) is 0 Å². The molecular formula is C17H34O. The molecule has 0 radical (unpaired) electrons. The van der Waals surface area contributed by atoms with Gasteiger partial charge in [-0.15, -0.1) is 0 Å². The average Bonchev–Trinajstić information content (AvgIpc) is 2.39. The highest BCUT2D eigenvalue weighted by molar-refractivity contribution is 4.81. The minimum absolute atomic E-state index is 0.355. The molecule has 0 unspecified atom stereocenters. The van der Waals surface area contributed by atoms with Gasteiger partial charge in [-0.3, -0.25) is 0 Å². The van der Waals surface area contributed by atoms with Crippen LogP contribution in [0, 0.1) is 0 Å². The fourth-order valence-corrected chi connectivity index (χ4v) is 2.18. The highest BCUT2D eigenvalue weighted by Crippen LogP contribution is 2.09. The van der Waals surface area contributed by atoms with Gasteiger partial charge in [0, 0.05) is 6.61 Å². The average molecular weight is 254 g/mol. The van der Waals surface area contributed by atoms with Crippen LogP contribution < -0.4 is 0 Å². The van der Waals surface area contributed by atoms with Gasteiger partial charge in [-0.25, -0.2) is 0 Å². The summed E-state index contributed by atoms with van der Waals surface area (Å²) in [6.45, 7) is 2.63. The molecule has 0 aromatic carbocycles. The lowest BCUT2D eigenvalue weighted by molar-refractivity contribution is 0.282. The van der Waals surface area contributed by atoms with Crippen LogP contribution in [0.5, 0.6) is 0 Å². The topological polar surface area (TPSA) is 20.2 Å². The lowest BCUT2D eigenvalue weighted by Crippen LogP contribution is -1.82. The molecule has 1 N–H and O–H groups in total. The molecule has 0 bridgehead atoms. The Hall–Kier alpha value is -0.300. The summed E-state index contributed by atoms with van der Waals surface area (Å²) < 4.78 is 0. The molecule has 0 aromatic rings. The first kappa shape index (κ1) is 17.7. The van der Waals surface area contributed by atoms with E-state index in [-0.39, 0.29) is 0 Å². The van der Waals surface area contributed by atoms with Crippen LogP contribution in [0.15, 0.2) is 12.2 Å². The summed E-state index contributed by atoms with van der Waals surface area (Å²) in [6, 6.07) is 0. The lowest BCUT2D eigenvalue weighted by atomic mass is 10.1. The van der Waals surface area contributed by atoms with Gasteiger partial charge >= 0.3 is 0 Å². The van der Waals surface area contributed by atoms with E-state index in [1.807, 2.05) is 0 Å². The number of aliphatic hydroxyl groups excluding tert-OH is 1. The molecule has 0 amide bonds. The molecule has 0 aliphatic heterocycles. The maximum absolute atomic E-state index is 8.64. The minimum Gasteiger partial charge on any atom is -0.396 e. The highest BCUT2D eigenvalue weighted by Gasteiger charge is 1.90. The second kappa shape index (κ2) is 16.7. The van der Waals surface area contributed by atoms with Gasteiger partial charge < -0.3 is 5.11 Å². The van der Waals surface area contributed by atoms with Gasteiger partial charge in [-0.1, -0.05) is 70.4 Å². The Morgan fingerprint density at radius 3 is 1.56 bits per heavy atom. The van der Waals surface area contributed by atoms with Gasteiger partial charge in [0.1, 0.15) is 0 Å². The third-order valence-electron chi connectivity index (χ3n) is 3.42. The molecule has 0 aliphatic rings. The van der Waals surface area contributed by atoms with Crippen LogP contribution in [-0.4, -0.2) is 11.7 Å². The van der Waals surface area contributed by atoms with E-state index in [1.54, 1.807) is 0 Å². The van der Waals surface area contributed by atoms with E-state index in [2.05, 4.69) is 19.1 Å². The summed E-state index contributed by atoms with van der Waals surface area (Å²) in [5.41, 5.74) is 0. The first-order chi connectivity index (χ1) is 8.91. The maximum Gasteiger partial charge on any atom is 0.0431 e. The van der Waals surface area contributed by atoms with Crippen molar-refractivity contribution in [3.05, 3.63) is 12.2 Å². The summed E-state index contributed by atoms with van der Waals surface area (Å²) in [7, 11) is 0. The Kier molecular flexibility index (Phi) is 16.4. The van der Waals surface area contributed by atoms with Crippen LogP contribution in [0.4, 0.5) is 0 Å². The number of unbranched alkanes of at least 4 members (excludes halogenated alkanes) is 11. The van der Waals surface area contributed by atoms with Gasteiger partial charge in [0.05, 0.1) is 0 Å². The Morgan fingerprint density at radius 2 is 1.06 bits per heavy atom. The van der Waals surface area contributed by atoms with Crippen molar-refractivity contribution < 1.29 is 5.11 Å². The number of allylic oxidation sites excluding steroid dienone is 2. The molecule has 1 heteroatoms. The smallest absolute Gasteiger partial charge is 0.0431 e. The number of hydrogen-bond acceptors (Lipinski definition) is 1. The molecule has 18 heavy (non-hydrogen) atoms. The third-order valence-corrected chi connectivity index (χ3v) is 3.42. The van der Waals surface area contributed by atoms with Crippen molar-refractivity contribution >= 4 is 0 Å². The predicted octanol–water partition coefficient (Wildman–Crippen LogP) is 5.63. The summed E-state index contributed by atoms with van der Waals surface area (Å²) in [5.74, 6) is 0. The van der Waals surface area contributed by atoms with E-state index in [4.69, 9.17) is 5.11 Å². The quantitative estimate of drug-likeness (QED) is 0.315. The Morgan fingerprint density at radius 1 is 0.611 bits per heavy atom. The summed E-state index contributed by atoms with van der Waals surface area (Å²) in [4.78, 5) is 0. The normalized spacial score (nSPS) is 11.4. The zero-order valence-electron chi connectivity index (χ0n) is 12.5. The molecule has 0 rings (SSSR count). The van der Waals surface area contributed by atoms with Crippen molar-refractivity contribution in [1.82, 2.24) is 0 Å². The molecular weight excluding hydrogens is 220 g/mol. The van der Waals surface area contributed by atoms with Gasteiger partial charge in [0.25, 0.3) is 0 Å². The third kappa shape index (κ3) is 15.7. The van der Waals surface area contributed by atoms with E-state index < -0.39 is 0 Å². The summed E-state index contributed by atoms with van der Waals surface area (Å²) in [5, 5.41) is 8.64. The van der Waals surface area contributed by atoms with Crippen LogP contribution in [0.2, 0.25) is 0 Å². The molecule has 108 valence electrons. The van der Waals surface area contributed by atoms with Crippen LogP contribution >= 0.6 is 0 Å². The van der Waals surface area contributed by atoms with Crippen molar-refractivity contribution in [2.45, 2.75) is 90.4 Å². The van der Waals surface area contributed by atoms with Gasteiger partial charge in [0.2, 0.25) is 0 Å². The van der Waals surface area contributed by atoms with Crippen LogP contribution in [0.25, 0.3) is 0 Å². The van der Waals surface area contributed by atoms with Crippen molar-refractivity contribution in [1.29, 1.82) is 0 Å². The first-order valence-electron chi connectivity index (χ1n) is 8.17. The van der Waals surface area contributed by atoms with Crippen LogP contribution in [0.1, 0.15) is 90.4 Å². The summed E-state index contributed by atoms with van der Waals surface area (Å²) in [6.07, 6.45) is 21.7. The molecule has 0 heterocycles. The standard InChI is InChI=1S/C17H34O/c1-2-3-4-5-6-7-8-9-10-11-12-13-14-15-16-17-18/h10-11,18H,2-9,12-17H2,1H3. The Labute approximate surface area is 115 Å². The molecule has 0 saturated carbocycles. The molecule has 0 atom stereocenters. The monoisotopic (exact) mass is 254 g/mol. The molecule has 0 fully saturated rings. The number of aliphatic hydroxyl groups is 1. The van der Waals surface area contributed by atoms with E-state index in [0.29, 0.717) is 6.61 Å². The minimum atomic E-state index is 0.355. The van der Waals surface area contributed by atoms with Crippen LogP contribution in [0.3, 0.4) is 0 Å². The Bertz CT molecular complexity index is 163. The van der Waals surface area contributed by atoms with Gasteiger partial charge in [-0.2, -0.15) is 0 Å². The maximum atomic E-state index is 8.64. The predicted molar refractivity (Wildman–Crippen MR) is 81.9 cm³/mol. The second-order valence-corrected chi connectivity index (χ2v) is 5.31. The fraction of sp³-hybridized carbons (Fsp3) is 0.882. The largest absolute Gasteiger partial charge is 0.396 e. The fourth-order valence-electron chi connectivity index (χ4n) is 2.18. The van der Waals surface area contributed by atoms with Crippen molar-refractivity contribution in [2.75, 3.05) is 6.61 Å². The van der Waals surface area contributed by atoms with Gasteiger partial charge in [-0.05, 0) is 32.1 Å². The molecule has 0 aliphatic carbocycles. The molecule has 0 aromatic heterocycles. The highest BCUT2D eigenvalue weighted by atomic mass is 16.2. The van der Waals surface area contributed by atoms with Gasteiger partial charge in [0.15, 0.2) is 0 Å². The Balaban J connectivity index is 3.00. The summed E-state index contributed by atoms with van der Waals surface area (Å²) >= 11 is 0. The number of rotatable bonds is 14. The SMILES string of the molecule is CCCCCCCCCC=CCCCCCCO. The molecule has 0 spiro atoms. The molecule has 0 saturated heterocycles. The van der Waals surface area contributed by atoms with E-state index >= 15 is 0 Å². The van der Waals surface area contributed by atoms with Crippen molar-refractivity contribution in [3.63, 3.8) is 0 Å². The van der Waals surface area contributed by atoms with Crippen molar-refractivity contribution in [3.8, 4) is 0 Å². The van der Waals surface area contributed by atoms with E-state index in [1.165, 1.54) is 77.0 Å². The second-order valence-electron chi connectivity index (χ2n) is 5.31. The first-order valence-corrected chi connectivity index (χ1v) is 8.17. The van der Waals surface area contributed by atoms with E-state index in [9.17, 15) is 0 Å². The molecule has 1 nitrogen and oxygen atoms in total. The van der Waals surface area contributed by atoms with E-state index in [0.717, 1.165) is 6.42 Å². The van der Waals surface area contributed by atoms with Crippen molar-refractivity contribution in [2.24, 2.45) is 0 Å². The number of hydrogen-bond donors (Lipinski definition) is 1. The lowest BCUT2D eigenvalue weighted by Gasteiger charge is -1.99. The zero-order valence-corrected chi connectivity index (χ0v) is 12.5. The zero-order chi connectivity index (χ0) is 13.3.